The molecule has 2 N–H and O–H groups in total. The van der Waals surface area contributed by atoms with Gasteiger partial charge >= 0.3 is 0 Å². The van der Waals surface area contributed by atoms with Crippen LogP contribution in [0.5, 0.6) is 17.2 Å². The Kier molecular flexibility index (Phi) is 6.89. The lowest BCUT2D eigenvalue weighted by atomic mass is 10.1. The van der Waals surface area contributed by atoms with E-state index < -0.39 is 0 Å². The second kappa shape index (κ2) is 9.13. The second-order valence-corrected chi connectivity index (χ2v) is 5.93. The number of hydrogen-bond acceptors (Lipinski definition) is 4. The Hall–Kier alpha value is -2.47. The molecule has 0 unspecified atom stereocenters. The molecule has 25 heavy (non-hydrogen) atoms. The average Bonchev–Trinajstić information content (AvgIpc) is 2.61. The molecule has 0 radical (unpaired) electrons. The molecule has 2 aromatic carbocycles. The summed E-state index contributed by atoms with van der Waals surface area (Å²) in [5.41, 5.74) is 3.13. The van der Waals surface area contributed by atoms with Crippen LogP contribution in [0.3, 0.4) is 0 Å². The van der Waals surface area contributed by atoms with Crippen LogP contribution in [-0.4, -0.2) is 33.0 Å². The molecule has 134 valence electrons. The lowest BCUT2D eigenvalue weighted by Gasteiger charge is -2.14. The highest BCUT2D eigenvalue weighted by Gasteiger charge is 2.07. The highest BCUT2D eigenvalue weighted by molar-refractivity contribution is 7.80. The van der Waals surface area contributed by atoms with E-state index in [1.807, 2.05) is 43.3 Å². The minimum atomic E-state index is 0.560. The smallest absolute Gasteiger partial charge is 0.170 e. The third-order valence-corrected chi connectivity index (χ3v) is 4.00. The van der Waals surface area contributed by atoms with Gasteiger partial charge in [0, 0.05) is 6.54 Å². The van der Waals surface area contributed by atoms with Gasteiger partial charge < -0.3 is 24.8 Å². The topological polar surface area (TPSA) is 51.8 Å². The van der Waals surface area contributed by atoms with Crippen LogP contribution in [0.4, 0.5) is 5.69 Å². The molecule has 6 heteroatoms. The fourth-order valence-electron chi connectivity index (χ4n) is 2.44. The van der Waals surface area contributed by atoms with Gasteiger partial charge in [-0.2, -0.15) is 0 Å². The summed E-state index contributed by atoms with van der Waals surface area (Å²) in [6.45, 7) is 2.73. The van der Waals surface area contributed by atoms with Crippen LogP contribution in [0.2, 0.25) is 0 Å². The molecule has 0 bridgehead atoms. The molecular weight excluding hydrogens is 336 g/mol. The molecule has 0 aliphatic carbocycles. The molecule has 0 saturated heterocycles. The van der Waals surface area contributed by atoms with Gasteiger partial charge in [-0.15, -0.1) is 0 Å². The Morgan fingerprint density at radius 1 is 0.920 bits per heavy atom. The van der Waals surface area contributed by atoms with E-state index in [4.69, 9.17) is 26.4 Å². The Morgan fingerprint density at radius 2 is 1.60 bits per heavy atom. The van der Waals surface area contributed by atoms with Crippen LogP contribution in [0.1, 0.15) is 11.1 Å². The number of thiocarbonyl (C=S) groups is 1. The van der Waals surface area contributed by atoms with Crippen molar-refractivity contribution in [3.8, 4) is 17.2 Å². The van der Waals surface area contributed by atoms with Crippen molar-refractivity contribution >= 4 is 23.0 Å². The number of benzene rings is 2. The molecule has 0 fully saturated rings. The summed E-state index contributed by atoms with van der Waals surface area (Å²) in [4.78, 5) is 0. The summed E-state index contributed by atoms with van der Waals surface area (Å²) in [6, 6.07) is 11.8. The molecule has 0 aliphatic rings. The summed E-state index contributed by atoms with van der Waals surface area (Å²) >= 11 is 5.37. The van der Waals surface area contributed by atoms with Crippen LogP contribution >= 0.6 is 12.2 Å². The van der Waals surface area contributed by atoms with E-state index in [-0.39, 0.29) is 0 Å². The van der Waals surface area contributed by atoms with Crippen molar-refractivity contribution in [1.82, 2.24) is 5.32 Å². The van der Waals surface area contributed by atoms with Gasteiger partial charge in [0.05, 0.1) is 27.0 Å². The van der Waals surface area contributed by atoms with Crippen LogP contribution < -0.4 is 24.8 Å². The first kappa shape index (κ1) is 18.9. The first-order valence-corrected chi connectivity index (χ1v) is 8.38. The highest BCUT2D eigenvalue weighted by atomic mass is 32.1. The van der Waals surface area contributed by atoms with Crippen molar-refractivity contribution in [2.75, 3.05) is 33.2 Å². The summed E-state index contributed by atoms with van der Waals surface area (Å²) in [5, 5.41) is 6.95. The van der Waals surface area contributed by atoms with Crippen molar-refractivity contribution in [2.24, 2.45) is 0 Å². The summed E-state index contributed by atoms with van der Waals surface area (Å²) in [7, 11) is 4.90. The number of ether oxygens (including phenoxy) is 3. The van der Waals surface area contributed by atoms with Gasteiger partial charge in [0.15, 0.2) is 16.6 Å². The molecule has 0 saturated carbocycles. The number of hydrogen-bond donors (Lipinski definition) is 2. The first-order valence-electron chi connectivity index (χ1n) is 7.97. The van der Waals surface area contributed by atoms with Crippen molar-refractivity contribution in [1.29, 1.82) is 0 Å². The van der Waals surface area contributed by atoms with E-state index in [9.17, 15) is 0 Å². The maximum absolute atomic E-state index is 5.37. The Bertz CT molecular complexity index is 735. The Balaban J connectivity index is 1.90. The fraction of sp³-hybridized carbons (Fsp3) is 0.316. The third-order valence-electron chi connectivity index (χ3n) is 3.75. The number of methoxy groups -OCH3 is 3. The van der Waals surface area contributed by atoms with Crippen molar-refractivity contribution in [3.05, 3.63) is 47.5 Å². The number of rotatable bonds is 7. The van der Waals surface area contributed by atoms with Crippen LogP contribution in [0.15, 0.2) is 36.4 Å². The molecule has 0 atom stereocenters. The van der Waals surface area contributed by atoms with Crippen LogP contribution in [0.25, 0.3) is 0 Å². The SMILES string of the molecule is COc1ccc(C)cc1NC(=S)NCCc1ccc(OC)c(OC)c1. The maximum Gasteiger partial charge on any atom is 0.170 e. The van der Waals surface area contributed by atoms with E-state index in [1.165, 1.54) is 0 Å². The molecule has 5 nitrogen and oxygen atoms in total. The molecule has 0 spiro atoms. The number of aryl methyl sites for hydroxylation is 1. The third kappa shape index (κ3) is 5.26. The van der Waals surface area contributed by atoms with Crippen molar-refractivity contribution < 1.29 is 14.2 Å². The predicted molar refractivity (Wildman–Crippen MR) is 105 cm³/mol. The van der Waals surface area contributed by atoms with E-state index in [0.29, 0.717) is 11.7 Å². The van der Waals surface area contributed by atoms with Crippen molar-refractivity contribution in [3.63, 3.8) is 0 Å². The standard InChI is InChI=1S/C19H24N2O3S/c1-13-5-7-16(22-2)15(11-13)21-19(25)20-10-9-14-6-8-17(23-3)18(12-14)24-4/h5-8,11-12H,9-10H2,1-4H3,(H2,20,21,25). The molecule has 0 aromatic heterocycles. The van der Waals surface area contributed by atoms with E-state index in [0.717, 1.165) is 40.5 Å². The summed E-state index contributed by atoms with van der Waals surface area (Å²) in [5.74, 6) is 2.21. The van der Waals surface area contributed by atoms with Gasteiger partial charge in [-0.25, -0.2) is 0 Å². The summed E-state index contributed by atoms with van der Waals surface area (Å²) in [6.07, 6.45) is 0.813. The van der Waals surface area contributed by atoms with E-state index in [2.05, 4.69) is 10.6 Å². The number of anilines is 1. The van der Waals surface area contributed by atoms with Gasteiger partial charge in [-0.05, 0) is 61.0 Å². The van der Waals surface area contributed by atoms with Crippen LogP contribution in [0, 0.1) is 6.92 Å². The average molecular weight is 360 g/mol. The van der Waals surface area contributed by atoms with Gasteiger partial charge in [-0.1, -0.05) is 12.1 Å². The predicted octanol–water partition coefficient (Wildman–Crippen LogP) is 3.55. The fourth-order valence-corrected chi connectivity index (χ4v) is 2.65. The maximum atomic E-state index is 5.37. The van der Waals surface area contributed by atoms with E-state index in [1.54, 1.807) is 21.3 Å². The molecule has 0 amide bonds. The molecule has 2 rings (SSSR count). The first-order chi connectivity index (χ1) is 12.1. The minimum Gasteiger partial charge on any atom is -0.495 e. The lowest BCUT2D eigenvalue weighted by Crippen LogP contribution is -2.30. The van der Waals surface area contributed by atoms with Gasteiger partial charge in [0.25, 0.3) is 0 Å². The number of nitrogens with one attached hydrogen (secondary N) is 2. The quantitative estimate of drug-likeness (QED) is 0.737. The summed E-state index contributed by atoms with van der Waals surface area (Å²) < 4.78 is 15.9. The molecular formula is C19H24N2O3S. The van der Waals surface area contributed by atoms with Gasteiger partial charge in [0.1, 0.15) is 5.75 Å². The highest BCUT2D eigenvalue weighted by Crippen LogP contribution is 2.27. The molecule has 0 aliphatic heterocycles. The zero-order valence-corrected chi connectivity index (χ0v) is 15.8. The monoisotopic (exact) mass is 360 g/mol. The van der Waals surface area contributed by atoms with Gasteiger partial charge in [-0.3, -0.25) is 0 Å². The Labute approximate surface area is 154 Å². The van der Waals surface area contributed by atoms with E-state index >= 15 is 0 Å². The zero-order chi connectivity index (χ0) is 18.2. The minimum absolute atomic E-state index is 0.560. The second-order valence-electron chi connectivity index (χ2n) is 5.52. The van der Waals surface area contributed by atoms with Gasteiger partial charge in [0.2, 0.25) is 0 Å². The Morgan fingerprint density at radius 3 is 2.28 bits per heavy atom. The van der Waals surface area contributed by atoms with Crippen LogP contribution in [-0.2, 0) is 6.42 Å². The van der Waals surface area contributed by atoms with Crippen molar-refractivity contribution in [2.45, 2.75) is 13.3 Å². The largest absolute Gasteiger partial charge is 0.495 e. The zero-order valence-electron chi connectivity index (χ0n) is 15.0. The lowest BCUT2D eigenvalue weighted by molar-refractivity contribution is 0.354. The normalized spacial score (nSPS) is 10.1. The molecule has 2 aromatic rings. The molecule has 0 heterocycles.